The van der Waals surface area contributed by atoms with Gasteiger partial charge in [-0.25, -0.2) is 0 Å². The summed E-state index contributed by atoms with van der Waals surface area (Å²) in [6.45, 7) is 0. The van der Waals surface area contributed by atoms with Crippen molar-refractivity contribution in [3.05, 3.63) is 35.5 Å². The molecule has 0 spiro atoms. The van der Waals surface area contributed by atoms with Gasteiger partial charge in [-0.3, -0.25) is 9.59 Å². The van der Waals surface area contributed by atoms with E-state index in [1.807, 2.05) is 0 Å². The van der Waals surface area contributed by atoms with Crippen LogP contribution >= 0.6 is 0 Å². The summed E-state index contributed by atoms with van der Waals surface area (Å²) in [4.78, 5) is 24.0. The Kier molecular flexibility index (Phi) is 1.81. The molecule has 0 saturated carbocycles. The van der Waals surface area contributed by atoms with Crippen LogP contribution < -0.4 is 5.73 Å². The lowest BCUT2D eigenvalue weighted by Gasteiger charge is -1.89. The van der Waals surface area contributed by atoms with E-state index in [2.05, 4.69) is 4.98 Å². The second-order valence-corrected chi connectivity index (χ2v) is 2.95. The van der Waals surface area contributed by atoms with E-state index in [-0.39, 0.29) is 0 Å². The van der Waals surface area contributed by atoms with Crippen molar-refractivity contribution in [2.24, 2.45) is 5.73 Å². The molecule has 0 atom stereocenters. The van der Waals surface area contributed by atoms with Crippen LogP contribution in [-0.2, 0) is 4.79 Å². The smallest absolute Gasteiger partial charge is 0.265 e. The number of benzene rings is 1. The first-order valence-corrected chi connectivity index (χ1v) is 4.01. The van der Waals surface area contributed by atoms with Crippen LogP contribution in [0.2, 0.25) is 0 Å². The van der Waals surface area contributed by atoms with Gasteiger partial charge in [-0.2, -0.15) is 0 Å². The molecular formula is C10H7N2O2. The Morgan fingerprint density at radius 3 is 2.79 bits per heavy atom. The summed E-state index contributed by atoms with van der Waals surface area (Å²) < 4.78 is 0. The molecule has 1 aromatic heterocycles. The summed E-state index contributed by atoms with van der Waals surface area (Å²) in [6, 6.07) is 6.59. The van der Waals surface area contributed by atoms with Gasteiger partial charge in [0, 0.05) is 16.5 Å². The van der Waals surface area contributed by atoms with Gasteiger partial charge in [-0.05, 0) is 24.3 Å². The molecule has 2 rings (SSSR count). The Morgan fingerprint density at radius 1 is 1.36 bits per heavy atom. The Labute approximate surface area is 79.7 Å². The molecule has 0 saturated heterocycles. The minimum absolute atomic E-state index is 0.336. The molecule has 4 heteroatoms. The van der Waals surface area contributed by atoms with E-state index in [9.17, 15) is 9.59 Å². The van der Waals surface area contributed by atoms with E-state index >= 15 is 0 Å². The fraction of sp³-hybridized carbons (Fsp3) is 0. The Hall–Kier alpha value is -2.10. The molecule has 3 N–H and O–H groups in total. The molecule has 2 aromatic rings. The van der Waals surface area contributed by atoms with E-state index < -0.39 is 5.91 Å². The monoisotopic (exact) mass is 187 g/mol. The SMILES string of the molecule is NC(=O)c1cc2cc([C]=O)ccc2[nH]1. The van der Waals surface area contributed by atoms with Gasteiger partial charge >= 0.3 is 0 Å². The molecule has 0 aliphatic rings. The lowest BCUT2D eigenvalue weighted by atomic mass is 10.2. The van der Waals surface area contributed by atoms with Gasteiger partial charge in [-0.1, -0.05) is 0 Å². The fourth-order valence-electron chi connectivity index (χ4n) is 1.33. The Bertz CT molecular complexity index is 514. The molecule has 69 valence electrons. The van der Waals surface area contributed by atoms with E-state index in [0.29, 0.717) is 11.3 Å². The number of amides is 1. The average Bonchev–Trinajstić information content (AvgIpc) is 2.59. The maximum Gasteiger partial charge on any atom is 0.265 e. The highest BCUT2D eigenvalue weighted by molar-refractivity contribution is 5.98. The van der Waals surface area contributed by atoms with Crippen molar-refractivity contribution in [1.29, 1.82) is 0 Å². The average molecular weight is 187 g/mol. The Balaban J connectivity index is 2.65. The minimum atomic E-state index is -0.516. The third kappa shape index (κ3) is 1.26. The molecule has 14 heavy (non-hydrogen) atoms. The maximum atomic E-state index is 10.8. The number of hydrogen-bond donors (Lipinski definition) is 2. The summed E-state index contributed by atoms with van der Waals surface area (Å²) in [5.74, 6) is -0.516. The molecule has 0 unspecified atom stereocenters. The van der Waals surface area contributed by atoms with Gasteiger partial charge < -0.3 is 10.7 Å². The largest absolute Gasteiger partial charge is 0.364 e. The van der Waals surface area contributed by atoms with Crippen molar-refractivity contribution in [2.45, 2.75) is 0 Å². The number of rotatable bonds is 2. The number of carbonyl (C=O) groups is 1. The molecule has 0 aliphatic heterocycles. The molecule has 1 radical (unpaired) electrons. The predicted molar refractivity (Wildman–Crippen MR) is 51.6 cm³/mol. The molecule has 1 amide bonds. The number of nitrogens with one attached hydrogen (secondary N) is 1. The lowest BCUT2D eigenvalue weighted by molar-refractivity contribution is 0.0996. The standard InChI is InChI=1S/C10H7N2O2/c11-10(14)9-4-7-3-6(5-13)1-2-8(7)12-9/h1-4,12H,(H2,11,14). The van der Waals surface area contributed by atoms with Crippen molar-refractivity contribution in [3.8, 4) is 0 Å². The number of fused-ring (bicyclic) bond motifs is 1. The third-order valence-electron chi connectivity index (χ3n) is 2.00. The number of carbonyl (C=O) groups excluding carboxylic acids is 2. The summed E-state index contributed by atoms with van der Waals surface area (Å²) in [5.41, 5.74) is 6.66. The van der Waals surface area contributed by atoms with Crippen molar-refractivity contribution in [1.82, 2.24) is 4.98 Å². The van der Waals surface area contributed by atoms with Gasteiger partial charge in [0.25, 0.3) is 5.91 Å². The first-order chi connectivity index (χ1) is 6.70. The number of nitrogens with two attached hydrogens (primary N) is 1. The van der Waals surface area contributed by atoms with Crippen molar-refractivity contribution in [2.75, 3.05) is 0 Å². The van der Waals surface area contributed by atoms with Crippen LogP contribution in [0.3, 0.4) is 0 Å². The van der Waals surface area contributed by atoms with Crippen LogP contribution in [-0.4, -0.2) is 17.2 Å². The van der Waals surface area contributed by atoms with Gasteiger partial charge in [0.1, 0.15) is 5.69 Å². The number of H-pyrrole nitrogens is 1. The second kappa shape index (κ2) is 2.99. The fourth-order valence-corrected chi connectivity index (χ4v) is 1.33. The van der Waals surface area contributed by atoms with Crippen LogP contribution in [0.15, 0.2) is 24.3 Å². The van der Waals surface area contributed by atoms with Crippen molar-refractivity contribution < 1.29 is 9.59 Å². The van der Waals surface area contributed by atoms with E-state index in [4.69, 9.17) is 5.73 Å². The molecule has 4 nitrogen and oxygen atoms in total. The number of aromatic nitrogens is 1. The minimum Gasteiger partial charge on any atom is -0.364 e. The van der Waals surface area contributed by atoms with Crippen LogP contribution in [0.5, 0.6) is 0 Å². The molecular weight excluding hydrogens is 180 g/mol. The summed E-state index contributed by atoms with van der Waals surface area (Å²) >= 11 is 0. The highest BCUT2D eigenvalue weighted by atomic mass is 16.1. The van der Waals surface area contributed by atoms with Crippen LogP contribution in [0.25, 0.3) is 10.9 Å². The summed E-state index contributed by atoms with van der Waals surface area (Å²) in [6.07, 6.45) is 1.78. The normalized spacial score (nSPS) is 10.3. The second-order valence-electron chi connectivity index (χ2n) is 2.95. The van der Waals surface area contributed by atoms with E-state index in [1.54, 1.807) is 30.6 Å². The predicted octanol–water partition coefficient (Wildman–Crippen LogP) is 0.725. The van der Waals surface area contributed by atoms with Crippen LogP contribution in [0.4, 0.5) is 0 Å². The lowest BCUT2D eigenvalue weighted by Crippen LogP contribution is -2.10. The molecule has 0 aliphatic carbocycles. The highest BCUT2D eigenvalue weighted by Crippen LogP contribution is 2.16. The summed E-state index contributed by atoms with van der Waals surface area (Å²) in [7, 11) is 0. The van der Waals surface area contributed by atoms with Crippen LogP contribution in [0.1, 0.15) is 16.1 Å². The first kappa shape index (κ1) is 8.50. The zero-order valence-corrected chi connectivity index (χ0v) is 7.20. The van der Waals surface area contributed by atoms with Crippen LogP contribution in [0, 0.1) is 0 Å². The van der Waals surface area contributed by atoms with E-state index in [1.165, 1.54) is 0 Å². The van der Waals surface area contributed by atoms with Crippen molar-refractivity contribution >= 4 is 23.1 Å². The number of aromatic amines is 1. The topological polar surface area (TPSA) is 76.0 Å². The zero-order chi connectivity index (χ0) is 10.1. The Morgan fingerprint density at radius 2 is 2.14 bits per heavy atom. The van der Waals surface area contributed by atoms with Gasteiger partial charge in [0.2, 0.25) is 6.29 Å². The van der Waals surface area contributed by atoms with Gasteiger partial charge in [0.15, 0.2) is 0 Å². The van der Waals surface area contributed by atoms with Crippen molar-refractivity contribution in [3.63, 3.8) is 0 Å². The highest BCUT2D eigenvalue weighted by Gasteiger charge is 2.05. The number of hydrogen-bond acceptors (Lipinski definition) is 2. The molecule has 0 bridgehead atoms. The zero-order valence-electron chi connectivity index (χ0n) is 7.20. The number of primary amides is 1. The maximum absolute atomic E-state index is 10.8. The molecule has 0 fully saturated rings. The van der Waals surface area contributed by atoms with E-state index in [0.717, 1.165) is 10.9 Å². The molecule has 1 aromatic carbocycles. The molecule has 1 heterocycles. The van der Waals surface area contributed by atoms with Gasteiger partial charge in [0.05, 0.1) is 0 Å². The third-order valence-corrected chi connectivity index (χ3v) is 2.00. The summed E-state index contributed by atoms with van der Waals surface area (Å²) in [5, 5.41) is 0.777. The first-order valence-electron chi connectivity index (χ1n) is 4.01. The van der Waals surface area contributed by atoms with Gasteiger partial charge in [-0.15, -0.1) is 0 Å². The quantitative estimate of drug-likeness (QED) is 0.726.